The molecule has 0 fully saturated rings. The minimum atomic E-state index is -1.39. The predicted octanol–water partition coefficient (Wildman–Crippen LogP) is 0.473. The number of carbonyl (C=O) groups is 4. The summed E-state index contributed by atoms with van der Waals surface area (Å²) in [4.78, 5) is 42.0. The molecule has 0 saturated carbocycles. The number of hydrogen-bond donors (Lipinski definition) is 6. The number of carboxylic acids is 3. The molecule has 10 nitrogen and oxygen atoms in total. The molecule has 25 heavy (non-hydrogen) atoms. The van der Waals surface area contributed by atoms with Crippen molar-refractivity contribution in [3.05, 3.63) is 0 Å². The maximum atomic E-state index is 11.0. The van der Waals surface area contributed by atoms with Crippen LogP contribution >= 0.6 is 0 Å². The predicted molar refractivity (Wildman–Crippen MR) is 90.5 cm³/mol. The zero-order valence-electron chi connectivity index (χ0n) is 14.9. The van der Waals surface area contributed by atoms with E-state index in [0.29, 0.717) is 6.04 Å². The number of rotatable bonds is 11. The van der Waals surface area contributed by atoms with Crippen LogP contribution in [0.4, 0.5) is 4.79 Å². The second-order valence-corrected chi connectivity index (χ2v) is 5.51. The van der Waals surface area contributed by atoms with E-state index in [9.17, 15) is 19.2 Å². The first-order valence-electron chi connectivity index (χ1n) is 8.04. The molecule has 10 heteroatoms. The molecule has 0 aromatic rings. The summed E-state index contributed by atoms with van der Waals surface area (Å²) in [6, 6.07) is -1.70. The average Bonchev–Trinajstić information content (AvgIpc) is 2.49. The molecule has 0 aromatic carbocycles. The Morgan fingerprint density at radius 1 is 1.00 bits per heavy atom. The van der Waals surface area contributed by atoms with Gasteiger partial charge in [-0.3, -0.25) is 9.59 Å². The van der Waals surface area contributed by atoms with Crippen LogP contribution in [0.3, 0.4) is 0 Å². The van der Waals surface area contributed by atoms with Crippen LogP contribution in [-0.2, 0) is 14.4 Å². The highest BCUT2D eigenvalue weighted by atomic mass is 16.4. The van der Waals surface area contributed by atoms with Crippen molar-refractivity contribution in [1.29, 1.82) is 0 Å². The van der Waals surface area contributed by atoms with Crippen LogP contribution in [0.25, 0.3) is 0 Å². The lowest BCUT2D eigenvalue weighted by atomic mass is 10.1. The lowest BCUT2D eigenvalue weighted by Gasteiger charge is -2.13. The second kappa shape index (κ2) is 15.2. The third-order valence-electron chi connectivity index (χ3n) is 2.73. The van der Waals surface area contributed by atoms with Gasteiger partial charge < -0.3 is 31.3 Å². The fourth-order valence-corrected chi connectivity index (χ4v) is 1.46. The minimum Gasteiger partial charge on any atom is -0.481 e. The Labute approximate surface area is 147 Å². The van der Waals surface area contributed by atoms with E-state index in [2.05, 4.69) is 26.1 Å². The van der Waals surface area contributed by atoms with E-state index in [1.165, 1.54) is 19.4 Å². The van der Waals surface area contributed by atoms with Crippen LogP contribution in [0, 0.1) is 0 Å². The van der Waals surface area contributed by atoms with Crippen molar-refractivity contribution in [3.8, 4) is 0 Å². The number of carboxylic acid groups (broad SMARTS) is 3. The van der Waals surface area contributed by atoms with Crippen molar-refractivity contribution < 1.29 is 34.5 Å². The number of aliphatic carboxylic acids is 3. The summed E-state index contributed by atoms with van der Waals surface area (Å²) in [5, 5.41) is 32.5. The van der Waals surface area contributed by atoms with Gasteiger partial charge in [0.05, 0.1) is 0 Å². The Bertz CT molecular complexity index is 427. The molecule has 0 aliphatic heterocycles. The Kier molecular flexibility index (Phi) is 15.1. The highest BCUT2D eigenvalue weighted by molar-refractivity contribution is 5.85. The Morgan fingerprint density at radius 3 is 2.00 bits per heavy atom. The van der Waals surface area contributed by atoms with Crippen molar-refractivity contribution in [3.63, 3.8) is 0 Å². The van der Waals surface area contributed by atoms with Gasteiger partial charge in [0, 0.05) is 12.5 Å². The van der Waals surface area contributed by atoms with Gasteiger partial charge in [0.15, 0.2) is 0 Å². The van der Waals surface area contributed by atoms with Gasteiger partial charge in [-0.05, 0) is 19.4 Å². The highest BCUT2D eigenvalue weighted by Gasteiger charge is 2.20. The Hall–Kier alpha value is -2.36. The molecular formula is C15H29N3O7. The fourth-order valence-electron chi connectivity index (χ4n) is 1.46. The van der Waals surface area contributed by atoms with Gasteiger partial charge in [0.25, 0.3) is 0 Å². The standard InChI is InChI=1S/C8H12N2O7.C7H17N/c11-5(12)2-1-4(7(15)16)10-8(17)9-3-6(13)14;1-4-5-6-8-7(2)3/h4H,1-3H2,(H,11,12)(H,13,14)(H,15,16)(H2,9,10,17);7-8H,4-6H2,1-3H3. The first-order valence-corrected chi connectivity index (χ1v) is 8.04. The smallest absolute Gasteiger partial charge is 0.326 e. The third-order valence-corrected chi connectivity index (χ3v) is 2.73. The largest absolute Gasteiger partial charge is 0.481 e. The van der Waals surface area contributed by atoms with E-state index >= 15 is 0 Å². The molecule has 1 atom stereocenters. The van der Waals surface area contributed by atoms with E-state index < -0.39 is 42.9 Å². The Morgan fingerprint density at radius 2 is 1.60 bits per heavy atom. The normalized spacial score (nSPS) is 11.0. The molecular weight excluding hydrogens is 334 g/mol. The first kappa shape index (κ1) is 24.9. The zero-order valence-corrected chi connectivity index (χ0v) is 14.9. The number of urea groups is 1. The van der Waals surface area contributed by atoms with E-state index in [1.807, 2.05) is 10.6 Å². The SMILES string of the molecule is CCCCNC(C)C.O=C(O)CCC(NC(=O)NCC(=O)O)C(=O)O. The maximum Gasteiger partial charge on any atom is 0.326 e. The van der Waals surface area contributed by atoms with E-state index in [4.69, 9.17) is 15.3 Å². The molecule has 0 aromatic heterocycles. The van der Waals surface area contributed by atoms with Gasteiger partial charge in [-0.15, -0.1) is 0 Å². The summed E-state index contributed by atoms with van der Waals surface area (Å²) in [5.74, 6) is -3.86. The number of amides is 2. The summed E-state index contributed by atoms with van der Waals surface area (Å²) >= 11 is 0. The van der Waals surface area contributed by atoms with Crippen LogP contribution in [0.15, 0.2) is 0 Å². The lowest BCUT2D eigenvalue weighted by Crippen LogP contribution is -2.47. The van der Waals surface area contributed by atoms with E-state index in [-0.39, 0.29) is 6.42 Å². The van der Waals surface area contributed by atoms with Crippen LogP contribution in [0.5, 0.6) is 0 Å². The molecule has 0 heterocycles. The topological polar surface area (TPSA) is 165 Å². The molecule has 0 aliphatic carbocycles. The van der Waals surface area contributed by atoms with Crippen LogP contribution in [0.1, 0.15) is 46.5 Å². The summed E-state index contributed by atoms with van der Waals surface area (Å²) < 4.78 is 0. The van der Waals surface area contributed by atoms with Crippen molar-refractivity contribution in [2.24, 2.45) is 0 Å². The van der Waals surface area contributed by atoms with E-state index in [0.717, 1.165) is 0 Å². The summed E-state index contributed by atoms with van der Waals surface area (Å²) in [5.41, 5.74) is 0. The lowest BCUT2D eigenvalue weighted by molar-refractivity contribution is -0.140. The van der Waals surface area contributed by atoms with Gasteiger partial charge >= 0.3 is 23.9 Å². The third kappa shape index (κ3) is 19.6. The van der Waals surface area contributed by atoms with Crippen LogP contribution in [0.2, 0.25) is 0 Å². The van der Waals surface area contributed by atoms with Crippen molar-refractivity contribution in [1.82, 2.24) is 16.0 Å². The fraction of sp³-hybridized carbons (Fsp3) is 0.733. The monoisotopic (exact) mass is 363 g/mol. The molecule has 0 saturated heterocycles. The highest BCUT2D eigenvalue weighted by Crippen LogP contribution is 1.97. The molecule has 0 rings (SSSR count). The molecule has 1 unspecified atom stereocenters. The Balaban J connectivity index is 0. The summed E-state index contributed by atoms with van der Waals surface area (Å²) in [6.07, 6.45) is 1.89. The maximum absolute atomic E-state index is 11.0. The van der Waals surface area contributed by atoms with Crippen molar-refractivity contribution in [2.45, 2.75) is 58.5 Å². The van der Waals surface area contributed by atoms with Crippen molar-refractivity contribution >= 4 is 23.9 Å². The molecule has 6 N–H and O–H groups in total. The number of unbranched alkanes of at least 4 members (excludes halogenated alkanes) is 1. The quantitative estimate of drug-likeness (QED) is 0.288. The van der Waals surface area contributed by atoms with Gasteiger partial charge in [-0.2, -0.15) is 0 Å². The van der Waals surface area contributed by atoms with E-state index in [1.54, 1.807) is 0 Å². The number of hydrogen-bond acceptors (Lipinski definition) is 5. The average molecular weight is 363 g/mol. The first-order chi connectivity index (χ1) is 11.6. The number of nitrogens with one attached hydrogen (secondary N) is 3. The molecule has 0 spiro atoms. The molecule has 0 bridgehead atoms. The van der Waals surface area contributed by atoms with Gasteiger partial charge in [0.2, 0.25) is 0 Å². The van der Waals surface area contributed by atoms with Gasteiger partial charge in [-0.1, -0.05) is 27.2 Å². The molecule has 0 aliphatic rings. The molecule has 146 valence electrons. The van der Waals surface area contributed by atoms with Crippen LogP contribution in [-0.4, -0.2) is 64.4 Å². The second-order valence-electron chi connectivity index (χ2n) is 5.51. The van der Waals surface area contributed by atoms with Crippen LogP contribution < -0.4 is 16.0 Å². The minimum absolute atomic E-state index is 0.287. The summed E-state index contributed by atoms with van der Waals surface area (Å²) in [7, 11) is 0. The van der Waals surface area contributed by atoms with Gasteiger partial charge in [-0.25, -0.2) is 9.59 Å². The molecule has 2 amide bonds. The zero-order chi connectivity index (χ0) is 19.8. The van der Waals surface area contributed by atoms with Crippen molar-refractivity contribution in [2.75, 3.05) is 13.1 Å². The molecule has 0 radical (unpaired) electrons. The number of carbonyl (C=O) groups excluding carboxylic acids is 1. The van der Waals surface area contributed by atoms with Gasteiger partial charge in [0.1, 0.15) is 12.6 Å². The summed E-state index contributed by atoms with van der Waals surface area (Å²) in [6.45, 7) is 7.08.